The quantitative estimate of drug-likeness (QED) is 0.893. The van der Waals surface area contributed by atoms with E-state index < -0.39 is 5.25 Å². The van der Waals surface area contributed by atoms with Gasteiger partial charge in [0.15, 0.2) is 5.17 Å². The van der Waals surface area contributed by atoms with Crippen LogP contribution in [0.5, 0.6) is 0 Å². The topological polar surface area (TPSA) is 70.6 Å². The summed E-state index contributed by atoms with van der Waals surface area (Å²) in [6.45, 7) is 3.95. The van der Waals surface area contributed by atoms with Gasteiger partial charge in [0.25, 0.3) is 0 Å². The molecule has 0 saturated carbocycles. The van der Waals surface area contributed by atoms with E-state index in [2.05, 4.69) is 15.6 Å². The fourth-order valence-corrected chi connectivity index (χ4v) is 2.91. The average Bonchev–Trinajstić information content (AvgIpc) is 2.74. The molecule has 106 valence electrons. The molecule has 0 unspecified atom stereocenters. The minimum atomic E-state index is -0.403. The first-order valence-electron chi connectivity index (χ1n) is 6.31. The Morgan fingerprint density at radius 3 is 2.80 bits per heavy atom. The first kappa shape index (κ1) is 14.6. The van der Waals surface area contributed by atoms with Gasteiger partial charge in [0, 0.05) is 19.2 Å². The number of amidine groups is 1. The minimum absolute atomic E-state index is 0.142. The lowest BCUT2D eigenvalue weighted by atomic mass is 10.1. The highest BCUT2D eigenvalue weighted by Gasteiger charge is 2.31. The first-order valence-corrected chi connectivity index (χ1v) is 7.19. The second-order valence-corrected chi connectivity index (χ2v) is 5.89. The van der Waals surface area contributed by atoms with Crippen LogP contribution in [0.1, 0.15) is 17.5 Å². The van der Waals surface area contributed by atoms with Crippen molar-refractivity contribution in [3.63, 3.8) is 0 Å². The molecule has 1 atom stereocenters. The number of aliphatic imine (C=N–C) groups is 1. The largest absolute Gasteiger partial charge is 0.326 e. The molecule has 2 N–H and O–H groups in total. The highest BCUT2D eigenvalue weighted by molar-refractivity contribution is 8.15. The van der Waals surface area contributed by atoms with E-state index in [0.29, 0.717) is 5.17 Å². The molecule has 2 amide bonds. The van der Waals surface area contributed by atoms with E-state index in [4.69, 9.17) is 0 Å². The number of hydrogen-bond acceptors (Lipinski definition) is 4. The SMILES string of the molecule is CN=C1NC(=O)[C@H](CC(=O)Nc2ccc(C)cc2C)S1. The van der Waals surface area contributed by atoms with Crippen molar-refractivity contribution < 1.29 is 9.59 Å². The Bertz CT molecular complexity index is 584. The number of rotatable bonds is 3. The fourth-order valence-electron chi connectivity index (χ4n) is 1.97. The Labute approximate surface area is 122 Å². The van der Waals surface area contributed by atoms with E-state index in [1.165, 1.54) is 11.8 Å². The van der Waals surface area contributed by atoms with Crippen LogP contribution in [0, 0.1) is 13.8 Å². The van der Waals surface area contributed by atoms with Gasteiger partial charge in [-0.25, -0.2) is 0 Å². The second kappa shape index (κ2) is 6.09. The van der Waals surface area contributed by atoms with Gasteiger partial charge in [0.2, 0.25) is 11.8 Å². The minimum Gasteiger partial charge on any atom is -0.326 e. The third-order valence-electron chi connectivity index (χ3n) is 3.01. The molecular weight excluding hydrogens is 274 g/mol. The molecule has 1 fully saturated rings. The molecule has 2 rings (SSSR count). The maximum atomic E-state index is 12.0. The Morgan fingerprint density at radius 1 is 1.45 bits per heavy atom. The molecule has 0 aliphatic carbocycles. The van der Waals surface area contributed by atoms with Crippen molar-refractivity contribution in [1.29, 1.82) is 0 Å². The van der Waals surface area contributed by atoms with Crippen molar-refractivity contribution in [3.05, 3.63) is 29.3 Å². The first-order chi connectivity index (χ1) is 9.49. The summed E-state index contributed by atoms with van der Waals surface area (Å²) < 4.78 is 0. The number of nitrogens with zero attached hydrogens (tertiary/aromatic N) is 1. The number of aryl methyl sites for hydroxylation is 2. The molecule has 5 nitrogen and oxygen atoms in total. The number of amides is 2. The predicted octanol–water partition coefficient (Wildman–Crippen LogP) is 1.85. The molecule has 1 aromatic rings. The molecule has 0 radical (unpaired) electrons. The van der Waals surface area contributed by atoms with Crippen LogP contribution in [0.4, 0.5) is 5.69 Å². The summed E-state index contributed by atoms with van der Waals surface area (Å²) in [5, 5.41) is 5.65. The van der Waals surface area contributed by atoms with Gasteiger partial charge in [-0.1, -0.05) is 29.5 Å². The molecule has 20 heavy (non-hydrogen) atoms. The van der Waals surface area contributed by atoms with Crippen LogP contribution in [-0.2, 0) is 9.59 Å². The summed E-state index contributed by atoms with van der Waals surface area (Å²) in [7, 11) is 1.61. The number of anilines is 1. The zero-order chi connectivity index (χ0) is 14.7. The predicted molar refractivity (Wildman–Crippen MR) is 82.0 cm³/mol. The normalized spacial score (nSPS) is 20.1. The lowest BCUT2D eigenvalue weighted by molar-refractivity contribution is -0.122. The van der Waals surface area contributed by atoms with Gasteiger partial charge in [-0.15, -0.1) is 0 Å². The summed E-state index contributed by atoms with van der Waals surface area (Å²) in [6.07, 6.45) is 0.142. The van der Waals surface area contributed by atoms with Crippen molar-refractivity contribution in [2.75, 3.05) is 12.4 Å². The maximum Gasteiger partial charge on any atom is 0.240 e. The van der Waals surface area contributed by atoms with Crippen LogP contribution in [0.15, 0.2) is 23.2 Å². The van der Waals surface area contributed by atoms with Crippen molar-refractivity contribution in [3.8, 4) is 0 Å². The number of hydrogen-bond donors (Lipinski definition) is 2. The number of benzene rings is 1. The van der Waals surface area contributed by atoms with E-state index in [1.807, 2.05) is 32.0 Å². The molecule has 0 bridgehead atoms. The van der Waals surface area contributed by atoms with Gasteiger partial charge in [-0.3, -0.25) is 14.6 Å². The van der Waals surface area contributed by atoms with Gasteiger partial charge in [0.1, 0.15) is 5.25 Å². The van der Waals surface area contributed by atoms with Gasteiger partial charge >= 0.3 is 0 Å². The molecule has 1 saturated heterocycles. The number of carbonyl (C=O) groups is 2. The number of carbonyl (C=O) groups excluding carboxylic acids is 2. The van der Waals surface area contributed by atoms with Gasteiger partial charge in [0.05, 0.1) is 0 Å². The molecule has 1 aromatic carbocycles. The summed E-state index contributed by atoms with van der Waals surface area (Å²) in [5.41, 5.74) is 2.95. The summed E-state index contributed by atoms with van der Waals surface area (Å²) >= 11 is 1.29. The van der Waals surface area contributed by atoms with Gasteiger partial charge in [-0.2, -0.15) is 0 Å². The van der Waals surface area contributed by atoms with Crippen molar-refractivity contribution in [1.82, 2.24) is 5.32 Å². The molecule has 1 aliphatic rings. The molecule has 6 heteroatoms. The molecule has 0 spiro atoms. The van der Waals surface area contributed by atoms with Crippen LogP contribution >= 0.6 is 11.8 Å². The van der Waals surface area contributed by atoms with Crippen molar-refractivity contribution in [2.45, 2.75) is 25.5 Å². The average molecular weight is 291 g/mol. The number of nitrogens with one attached hydrogen (secondary N) is 2. The van der Waals surface area contributed by atoms with E-state index in [-0.39, 0.29) is 18.2 Å². The van der Waals surface area contributed by atoms with Gasteiger partial charge < -0.3 is 10.6 Å². The van der Waals surface area contributed by atoms with Crippen LogP contribution in [0.25, 0.3) is 0 Å². The lowest BCUT2D eigenvalue weighted by Gasteiger charge is -2.10. The number of thioether (sulfide) groups is 1. The smallest absolute Gasteiger partial charge is 0.240 e. The van der Waals surface area contributed by atoms with Gasteiger partial charge in [-0.05, 0) is 25.5 Å². The van der Waals surface area contributed by atoms with Crippen LogP contribution in [0.3, 0.4) is 0 Å². The third kappa shape index (κ3) is 3.39. The Morgan fingerprint density at radius 2 is 2.20 bits per heavy atom. The molecule has 1 heterocycles. The van der Waals surface area contributed by atoms with E-state index in [1.54, 1.807) is 7.05 Å². The Balaban J connectivity index is 1.98. The molecular formula is C14H17N3O2S. The van der Waals surface area contributed by atoms with E-state index in [0.717, 1.165) is 16.8 Å². The van der Waals surface area contributed by atoms with Crippen molar-refractivity contribution >= 4 is 34.4 Å². The van der Waals surface area contributed by atoms with Crippen LogP contribution in [0.2, 0.25) is 0 Å². The second-order valence-electron chi connectivity index (χ2n) is 4.70. The Kier molecular flexibility index (Phi) is 4.44. The highest BCUT2D eigenvalue weighted by atomic mass is 32.2. The summed E-state index contributed by atoms with van der Waals surface area (Å²) in [4.78, 5) is 27.6. The monoisotopic (exact) mass is 291 g/mol. The van der Waals surface area contributed by atoms with Crippen LogP contribution in [-0.4, -0.2) is 29.3 Å². The molecule has 1 aliphatic heterocycles. The Hall–Kier alpha value is -1.82. The fraction of sp³-hybridized carbons (Fsp3) is 0.357. The molecule has 0 aromatic heterocycles. The lowest BCUT2D eigenvalue weighted by Crippen LogP contribution is -2.28. The van der Waals surface area contributed by atoms with Crippen molar-refractivity contribution in [2.24, 2.45) is 4.99 Å². The zero-order valence-electron chi connectivity index (χ0n) is 11.7. The van der Waals surface area contributed by atoms with Crippen LogP contribution < -0.4 is 10.6 Å². The summed E-state index contributed by atoms with van der Waals surface area (Å²) in [5.74, 6) is -0.326. The standard InChI is InChI=1S/C14H17N3O2S/c1-8-4-5-10(9(2)6-8)16-12(18)7-11-13(19)17-14(15-3)20-11/h4-6,11H,7H2,1-3H3,(H,16,18)(H,15,17,19)/t11-/m0/s1. The maximum absolute atomic E-state index is 12.0. The zero-order valence-corrected chi connectivity index (χ0v) is 12.5. The third-order valence-corrected chi connectivity index (χ3v) is 4.18. The highest BCUT2D eigenvalue weighted by Crippen LogP contribution is 2.23. The van der Waals surface area contributed by atoms with E-state index >= 15 is 0 Å². The summed E-state index contributed by atoms with van der Waals surface area (Å²) in [6, 6.07) is 5.83. The van der Waals surface area contributed by atoms with E-state index in [9.17, 15) is 9.59 Å².